The van der Waals surface area contributed by atoms with Gasteiger partial charge in [0.05, 0.1) is 13.1 Å². The summed E-state index contributed by atoms with van der Waals surface area (Å²) in [5.41, 5.74) is 5.44. The Morgan fingerprint density at radius 1 is 1.00 bits per heavy atom. The van der Waals surface area contributed by atoms with Gasteiger partial charge >= 0.3 is 6.69 Å². The molecule has 0 amide bonds. The molecule has 0 saturated carbocycles. The molecule has 0 bridgehead atoms. The van der Waals surface area contributed by atoms with E-state index in [0.29, 0.717) is 18.0 Å². The first-order chi connectivity index (χ1) is 13.0. The van der Waals surface area contributed by atoms with E-state index in [1.165, 1.54) is 16.6 Å². The molecule has 27 heavy (non-hydrogen) atoms. The van der Waals surface area contributed by atoms with Crippen molar-refractivity contribution < 1.29 is 13.7 Å². The summed E-state index contributed by atoms with van der Waals surface area (Å²) in [7, 11) is 4.37. The minimum Gasteiger partial charge on any atom is -0.509 e. The summed E-state index contributed by atoms with van der Waals surface area (Å²) >= 11 is 0. The molecule has 2 aliphatic rings. The molecule has 0 N–H and O–H groups in total. The Morgan fingerprint density at radius 3 is 2.48 bits per heavy atom. The monoisotopic (exact) mass is 359 g/mol. The lowest BCUT2D eigenvalue weighted by Gasteiger charge is -2.55. The summed E-state index contributed by atoms with van der Waals surface area (Å²) in [4.78, 5) is 6.88. The number of rotatable bonds is 2. The molecule has 2 aromatic carbocycles. The van der Waals surface area contributed by atoms with Crippen molar-refractivity contribution in [3.8, 4) is 0 Å². The highest BCUT2D eigenvalue weighted by Gasteiger charge is 2.53. The molecule has 1 fully saturated rings. The number of benzene rings is 2. The van der Waals surface area contributed by atoms with Crippen molar-refractivity contribution in [1.29, 1.82) is 0 Å². The van der Waals surface area contributed by atoms with Gasteiger partial charge < -0.3 is 13.7 Å². The Morgan fingerprint density at radius 2 is 1.74 bits per heavy atom. The van der Waals surface area contributed by atoms with Crippen LogP contribution in [0.1, 0.15) is 23.1 Å². The van der Waals surface area contributed by atoms with E-state index in [4.69, 9.17) is 22.5 Å². The number of fused-ring (bicyclic) bond motifs is 2. The van der Waals surface area contributed by atoms with Crippen LogP contribution in [0.5, 0.6) is 0 Å². The highest BCUT2D eigenvalue weighted by molar-refractivity contribution is 6.76. The van der Waals surface area contributed by atoms with E-state index in [2.05, 4.69) is 42.0 Å². The average Bonchev–Trinajstić information content (AvgIpc) is 3.03. The summed E-state index contributed by atoms with van der Waals surface area (Å²) in [5, 5.41) is 0. The molecule has 136 valence electrons. The maximum absolute atomic E-state index is 7.26. The zero-order valence-corrected chi connectivity index (χ0v) is 15.7. The molecule has 1 unspecified atom stereocenters. The number of quaternary nitrogens is 1. The fourth-order valence-electron chi connectivity index (χ4n) is 4.44. The van der Waals surface area contributed by atoms with Crippen LogP contribution in [0.15, 0.2) is 36.4 Å². The third-order valence-corrected chi connectivity index (χ3v) is 5.90. The largest absolute Gasteiger partial charge is 0.509 e. The molecule has 4 rings (SSSR count). The lowest BCUT2D eigenvalue weighted by Crippen LogP contribution is -2.74. The van der Waals surface area contributed by atoms with Crippen molar-refractivity contribution in [2.24, 2.45) is 0 Å². The summed E-state index contributed by atoms with van der Waals surface area (Å²) < 4.78 is 13.2. The third-order valence-electron chi connectivity index (χ3n) is 5.90. The predicted octanol–water partition coefficient (Wildman–Crippen LogP) is 3.55. The maximum atomic E-state index is 7.26. The van der Waals surface area contributed by atoms with Gasteiger partial charge in [0, 0.05) is 40.3 Å². The number of hydrogen-bond acceptors (Lipinski definition) is 2. The van der Waals surface area contributed by atoms with Crippen LogP contribution in [0, 0.1) is 13.1 Å². The van der Waals surface area contributed by atoms with Crippen LogP contribution < -0.4 is 5.46 Å². The third kappa shape index (κ3) is 2.83. The number of hydrogen-bond donors (Lipinski definition) is 0. The van der Waals surface area contributed by atoms with Crippen molar-refractivity contribution in [2.45, 2.75) is 19.4 Å². The molecular formula is C21H22BN3O2. The van der Waals surface area contributed by atoms with Crippen LogP contribution >= 0.6 is 0 Å². The van der Waals surface area contributed by atoms with Crippen molar-refractivity contribution in [1.82, 2.24) is 0 Å². The Hall–Kier alpha value is -2.64. The Labute approximate surface area is 160 Å². The molecule has 6 heteroatoms. The van der Waals surface area contributed by atoms with Crippen molar-refractivity contribution in [2.75, 3.05) is 27.2 Å². The van der Waals surface area contributed by atoms with E-state index >= 15 is 0 Å². The molecule has 0 radical (unpaired) electrons. The SMILES string of the molecule is [C-]#[N+]c1ccc(Cc2ccc3c(c2)CO[B-]32OCCC[N+]2(C)C)cc1[N+]#[C-]. The summed E-state index contributed by atoms with van der Waals surface area (Å²) in [6.07, 6.45) is 1.78. The Kier molecular flexibility index (Phi) is 4.28. The fourth-order valence-corrected chi connectivity index (χ4v) is 4.44. The number of nitrogens with zero attached hydrogens (tertiary/aromatic N) is 3. The lowest BCUT2D eigenvalue weighted by molar-refractivity contribution is -0.812. The molecular weight excluding hydrogens is 337 g/mol. The normalized spacial score (nSPS) is 22.8. The predicted molar refractivity (Wildman–Crippen MR) is 106 cm³/mol. The van der Waals surface area contributed by atoms with Crippen molar-refractivity contribution in [3.63, 3.8) is 0 Å². The van der Waals surface area contributed by atoms with E-state index in [1.807, 2.05) is 12.1 Å². The molecule has 2 aliphatic heterocycles. The Bertz CT molecular complexity index is 990. The van der Waals surface area contributed by atoms with Gasteiger partial charge in [-0.25, -0.2) is 0 Å². The van der Waals surface area contributed by atoms with Gasteiger partial charge in [0.2, 0.25) is 0 Å². The standard InChI is InChI=1S/C21H22BN3O2/c1-23-20-9-7-17(14-21(20)24-2)12-16-6-8-19-18(13-16)15-27-22(19)25(3,4)10-5-11-26-22/h6-9,13-14H,5,10-12,15H2,3-4H3. The zero-order valence-electron chi connectivity index (χ0n) is 15.7. The van der Waals surface area contributed by atoms with Gasteiger partial charge in [-0.1, -0.05) is 47.4 Å². The van der Waals surface area contributed by atoms with Crippen LogP contribution in [0.4, 0.5) is 11.4 Å². The highest BCUT2D eigenvalue weighted by atomic mass is 16.6. The molecule has 2 heterocycles. The van der Waals surface area contributed by atoms with Crippen LogP contribution in [0.3, 0.4) is 0 Å². The molecule has 2 aromatic rings. The molecule has 0 aromatic heterocycles. The first kappa shape index (κ1) is 17.8. The smallest absolute Gasteiger partial charge is 0.502 e. The lowest BCUT2D eigenvalue weighted by atomic mass is 9.58. The van der Waals surface area contributed by atoms with Gasteiger partial charge in [0.25, 0.3) is 0 Å². The van der Waals surface area contributed by atoms with E-state index in [-0.39, 0.29) is 0 Å². The second-order valence-electron chi connectivity index (χ2n) is 7.97. The second-order valence-corrected chi connectivity index (χ2v) is 7.97. The first-order valence-electron chi connectivity index (χ1n) is 9.24. The summed E-state index contributed by atoms with van der Waals surface area (Å²) in [6, 6.07) is 12.0. The van der Waals surface area contributed by atoms with Crippen LogP contribution in [0.25, 0.3) is 9.69 Å². The minimum absolute atomic E-state index is 0.412. The van der Waals surface area contributed by atoms with Gasteiger partial charge in [-0.15, -0.1) is 0 Å². The molecule has 0 aliphatic carbocycles. The Balaban J connectivity index is 1.64. The van der Waals surface area contributed by atoms with E-state index < -0.39 is 6.69 Å². The topological polar surface area (TPSA) is 27.2 Å². The van der Waals surface area contributed by atoms with Crippen molar-refractivity contribution in [3.05, 3.63) is 75.9 Å². The van der Waals surface area contributed by atoms with Crippen molar-refractivity contribution >= 4 is 23.5 Å². The van der Waals surface area contributed by atoms with Gasteiger partial charge in [0.1, 0.15) is 0 Å². The average molecular weight is 359 g/mol. The van der Waals surface area contributed by atoms with Gasteiger partial charge in [-0.3, -0.25) is 9.69 Å². The van der Waals surface area contributed by atoms with Gasteiger partial charge in [0.15, 0.2) is 11.4 Å². The zero-order chi connectivity index (χ0) is 19.1. The summed E-state index contributed by atoms with van der Waals surface area (Å²) in [6.45, 7) is 15.3. The molecule has 5 nitrogen and oxygen atoms in total. The van der Waals surface area contributed by atoms with E-state index in [0.717, 1.165) is 36.0 Å². The fraction of sp³-hybridized carbons (Fsp3) is 0.333. The van der Waals surface area contributed by atoms with Crippen LogP contribution in [0.2, 0.25) is 0 Å². The second kappa shape index (κ2) is 6.51. The summed E-state index contributed by atoms with van der Waals surface area (Å²) in [5.74, 6) is 0. The van der Waals surface area contributed by atoms with E-state index in [9.17, 15) is 0 Å². The van der Waals surface area contributed by atoms with Gasteiger partial charge in [-0.2, -0.15) is 0 Å². The quantitative estimate of drug-likeness (QED) is 0.606. The van der Waals surface area contributed by atoms with E-state index in [1.54, 1.807) is 6.07 Å². The molecule has 1 saturated heterocycles. The molecule has 1 atom stereocenters. The maximum Gasteiger partial charge on any atom is 0.502 e. The van der Waals surface area contributed by atoms with Crippen LogP contribution in [-0.4, -0.2) is 38.3 Å². The minimum atomic E-state index is -1.48. The first-order valence-corrected chi connectivity index (χ1v) is 9.24. The van der Waals surface area contributed by atoms with Gasteiger partial charge in [-0.05, 0) is 17.5 Å². The van der Waals surface area contributed by atoms with Crippen LogP contribution in [-0.2, 0) is 22.3 Å². The highest BCUT2D eigenvalue weighted by Crippen LogP contribution is 2.33. The molecule has 1 spiro atoms.